The van der Waals surface area contributed by atoms with Gasteiger partial charge in [0.2, 0.25) is 0 Å². The molecular formula is C15H15NO3. The Balaban J connectivity index is 2.08. The number of phenolic OH excluding ortho intramolecular Hbond substituents is 1. The number of methoxy groups -OCH3 is 1. The second kappa shape index (κ2) is 4.46. The lowest BCUT2D eigenvalue weighted by molar-refractivity contribution is 0.0951. The number of ether oxygens (including phenoxy) is 1. The van der Waals surface area contributed by atoms with Gasteiger partial charge in [-0.05, 0) is 31.0 Å². The van der Waals surface area contributed by atoms with Gasteiger partial charge in [-0.25, -0.2) is 0 Å². The van der Waals surface area contributed by atoms with Crippen LogP contribution >= 0.6 is 0 Å². The van der Waals surface area contributed by atoms with Crippen molar-refractivity contribution >= 4 is 16.7 Å². The number of hydrogen-bond donors (Lipinski definition) is 2. The number of hydrogen-bond acceptors (Lipinski definition) is 3. The fraction of sp³-hybridized carbons (Fsp3) is 0.267. The first kappa shape index (κ1) is 11.8. The minimum atomic E-state index is -0.148. The molecule has 0 atom stereocenters. The van der Waals surface area contributed by atoms with E-state index in [0.717, 1.165) is 18.2 Å². The predicted molar refractivity (Wildman–Crippen MR) is 72.7 cm³/mol. The third kappa shape index (κ3) is 2.21. The zero-order chi connectivity index (χ0) is 13.4. The summed E-state index contributed by atoms with van der Waals surface area (Å²) in [6.07, 6.45) is 2.07. The van der Waals surface area contributed by atoms with Gasteiger partial charge in [-0.1, -0.05) is 12.1 Å². The van der Waals surface area contributed by atoms with E-state index in [1.807, 2.05) is 12.1 Å². The SMILES string of the molecule is COc1cccc2c(O)cc(C(=O)NC3CC3)cc12. The Morgan fingerprint density at radius 2 is 2.11 bits per heavy atom. The molecule has 19 heavy (non-hydrogen) atoms. The van der Waals surface area contributed by atoms with Crippen molar-refractivity contribution in [3.05, 3.63) is 35.9 Å². The fourth-order valence-corrected chi connectivity index (χ4v) is 2.14. The summed E-state index contributed by atoms with van der Waals surface area (Å²) < 4.78 is 5.27. The van der Waals surface area contributed by atoms with Gasteiger partial charge in [-0.3, -0.25) is 4.79 Å². The van der Waals surface area contributed by atoms with Crippen molar-refractivity contribution in [2.24, 2.45) is 0 Å². The topological polar surface area (TPSA) is 58.6 Å². The summed E-state index contributed by atoms with van der Waals surface area (Å²) in [4.78, 5) is 12.0. The molecule has 0 saturated heterocycles. The lowest BCUT2D eigenvalue weighted by atomic mass is 10.0. The molecule has 4 heteroatoms. The van der Waals surface area contributed by atoms with Crippen molar-refractivity contribution in [3.8, 4) is 11.5 Å². The van der Waals surface area contributed by atoms with Crippen molar-refractivity contribution in [1.82, 2.24) is 5.32 Å². The molecule has 3 rings (SSSR count). The van der Waals surface area contributed by atoms with Crippen LogP contribution in [-0.4, -0.2) is 24.2 Å². The van der Waals surface area contributed by atoms with E-state index in [4.69, 9.17) is 4.74 Å². The first-order chi connectivity index (χ1) is 9.19. The molecule has 1 saturated carbocycles. The molecular weight excluding hydrogens is 242 g/mol. The maximum Gasteiger partial charge on any atom is 0.251 e. The summed E-state index contributed by atoms with van der Waals surface area (Å²) >= 11 is 0. The van der Waals surface area contributed by atoms with Gasteiger partial charge in [0.15, 0.2) is 0 Å². The van der Waals surface area contributed by atoms with Gasteiger partial charge in [-0.15, -0.1) is 0 Å². The highest BCUT2D eigenvalue weighted by Crippen LogP contribution is 2.33. The maximum absolute atomic E-state index is 12.0. The number of nitrogens with one attached hydrogen (secondary N) is 1. The highest BCUT2D eigenvalue weighted by Gasteiger charge is 2.24. The second-order valence-electron chi connectivity index (χ2n) is 4.80. The fourth-order valence-electron chi connectivity index (χ4n) is 2.14. The number of benzene rings is 2. The summed E-state index contributed by atoms with van der Waals surface area (Å²) in [7, 11) is 1.57. The standard InChI is InChI=1S/C15H15NO3/c1-19-14-4-2-3-11-12(14)7-9(8-13(11)17)15(18)16-10-5-6-10/h2-4,7-8,10,17H,5-6H2,1H3,(H,16,18). The molecule has 1 aliphatic carbocycles. The Bertz CT molecular complexity index is 647. The third-order valence-electron chi connectivity index (χ3n) is 3.33. The zero-order valence-corrected chi connectivity index (χ0v) is 10.6. The molecule has 0 bridgehead atoms. The highest BCUT2D eigenvalue weighted by atomic mass is 16.5. The van der Waals surface area contributed by atoms with Crippen LogP contribution < -0.4 is 10.1 Å². The van der Waals surface area contributed by atoms with E-state index in [9.17, 15) is 9.90 Å². The van der Waals surface area contributed by atoms with Crippen molar-refractivity contribution in [2.45, 2.75) is 18.9 Å². The lowest BCUT2D eigenvalue weighted by Gasteiger charge is -2.10. The largest absolute Gasteiger partial charge is 0.507 e. The van der Waals surface area contributed by atoms with E-state index in [1.54, 1.807) is 19.2 Å². The van der Waals surface area contributed by atoms with E-state index in [2.05, 4.69) is 5.32 Å². The lowest BCUT2D eigenvalue weighted by Crippen LogP contribution is -2.25. The maximum atomic E-state index is 12.0. The summed E-state index contributed by atoms with van der Waals surface area (Å²) in [5.74, 6) is 0.594. The molecule has 2 N–H and O–H groups in total. The number of fused-ring (bicyclic) bond motifs is 1. The molecule has 1 amide bonds. The number of carbonyl (C=O) groups excluding carboxylic acids is 1. The molecule has 2 aromatic rings. The molecule has 4 nitrogen and oxygen atoms in total. The zero-order valence-electron chi connectivity index (χ0n) is 10.6. The number of amides is 1. The number of carbonyl (C=O) groups is 1. The second-order valence-corrected chi connectivity index (χ2v) is 4.80. The van der Waals surface area contributed by atoms with Gasteiger partial charge in [-0.2, -0.15) is 0 Å². The molecule has 0 radical (unpaired) electrons. The first-order valence-corrected chi connectivity index (χ1v) is 6.29. The highest BCUT2D eigenvalue weighted by molar-refractivity contribution is 6.02. The smallest absolute Gasteiger partial charge is 0.251 e. The van der Waals surface area contributed by atoms with Crippen molar-refractivity contribution in [3.63, 3.8) is 0 Å². The molecule has 98 valence electrons. The van der Waals surface area contributed by atoms with Crippen molar-refractivity contribution < 1.29 is 14.6 Å². The van der Waals surface area contributed by atoms with Crippen LogP contribution in [0.25, 0.3) is 10.8 Å². The third-order valence-corrected chi connectivity index (χ3v) is 3.33. The van der Waals surface area contributed by atoms with Gasteiger partial charge in [0, 0.05) is 22.4 Å². The van der Waals surface area contributed by atoms with Crippen LogP contribution in [0.3, 0.4) is 0 Å². The minimum absolute atomic E-state index is 0.0948. The molecule has 0 aliphatic heterocycles. The van der Waals surface area contributed by atoms with Crippen LogP contribution in [0.2, 0.25) is 0 Å². The van der Waals surface area contributed by atoms with Crippen LogP contribution in [0.15, 0.2) is 30.3 Å². The van der Waals surface area contributed by atoms with E-state index >= 15 is 0 Å². The predicted octanol–water partition coefficient (Wildman–Crippen LogP) is 2.45. The molecule has 0 aromatic heterocycles. The minimum Gasteiger partial charge on any atom is -0.507 e. The van der Waals surface area contributed by atoms with Crippen LogP contribution in [0.1, 0.15) is 23.2 Å². The van der Waals surface area contributed by atoms with Gasteiger partial charge in [0.05, 0.1) is 7.11 Å². The Labute approximate surface area is 111 Å². The first-order valence-electron chi connectivity index (χ1n) is 6.29. The summed E-state index contributed by atoms with van der Waals surface area (Å²) in [6.45, 7) is 0. The van der Waals surface area contributed by atoms with Crippen LogP contribution in [0.4, 0.5) is 0 Å². The van der Waals surface area contributed by atoms with E-state index in [-0.39, 0.29) is 11.7 Å². The molecule has 1 fully saturated rings. The Kier molecular flexibility index (Phi) is 2.78. The average molecular weight is 257 g/mol. The quantitative estimate of drug-likeness (QED) is 0.888. The Morgan fingerprint density at radius 3 is 2.79 bits per heavy atom. The number of phenols is 1. The van der Waals surface area contributed by atoms with Crippen molar-refractivity contribution in [2.75, 3.05) is 7.11 Å². The Hall–Kier alpha value is -2.23. The summed E-state index contributed by atoms with van der Waals surface area (Å²) in [6, 6.07) is 8.97. The van der Waals surface area contributed by atoms with E-state index < -0.39 is 0 Å². The van der Waals surface area contributed by atoms with Crippen LogP contribution in [0, 0.1) is 0 Å². The molecule has 1 aliphatic rings. The normalized spacial score (nSPS) is 14.4. The average Bonchev–Trinajstić information content (AvgIpc) is 3.22. The summed E-state index contributed by atoms with van der Waals surface area (Å²) in [5.41, 5.74) is 0.460. The van der Waals surface area contributed by atoms with Gasteiger partial charge in [0.1, 0.15) is 11.5 Å². The van der Waals surface area contributed by atoms with Gasteiger partial charge in [0.25, 0.3) is 5.91 Å². The van der Waals surface area contributed by atoms with Crippen molar-refractivity contribution in [1.29, 1.82) is 0 Å². The van der Waals surface area contributed by atoms with E-state index in [0.29, 0.717) is 22.7 Å². The monoisotopic (exact) mass is 257 g/mol. The Morgan fingerprint density at radius 1 is 1.32 bits per heavy atom. The van der Waals surface area contributed by atoms with Gasteiger partial charge >= 0.3 is 0 Å². The number of aromatic hydroxyl groups is 1. The molecule has 0 heterocycles. The molecule has 0 unspecified atom stereocenters. The summed E-state index contributed by atoms with van der Waals surface area (Å²) in [5, 5.41) is 14.4. The molecule has 2 aromatic carbocycles. The van der Waals surface area contributed by atoms with Crippen LogP contribution in [0.5, 0.6) is 11.5 Å². The number of rotatable bonds is 3. The van der Waals surface area contributed by atoms with Crippen LogP contribution in [-0.2, 0) is 0 Å². The van der Waals surface area contributed by atoms with Gasteiger partial charge < -0.3 is 15.2 Å². The van der Waals surface area contributed by atoms with E-state index in [1.165, 1.54) is 6.07 Å². The molecule has 0 spiro atoms.